The highest BCUT2D eigenvalue weighted by Gasteiger charge is 2.07. The van der Waals surface area contributed by atoms with Crippen LogP contribution in [0.2, 0.25) is 0 Å². The highest BCUT2D eigenvalue weighted by atomic mass is 16.1. The normalized spacial score (nSPS) is 12.2. The van der Waals surface area contributed by atoms with Crippen molar-refractivity contribution >= 4 is 17.3 Å². The molecule has 112 valence electrons. The minimum Gasteiger partial charge on any atom is -0.383 e. The van der Waals surface area contributed by atoms with Crippen molar-refractivity contribution in [3.8, 4) is 0 Å². The Morgan fingerprint density at radius 3 is 2.20 bits per heavy atom. The third-order valence-electron chi connectivity index (χ3n) is 3.33. The van der Waals surface area contributed by atoms with Crippen molar-refractivity contribution in [3.63, 3.8) is 0 Å². The zero-order valence-corrected chi connectivity index (χ0v) is 13.2. The standard InChI is InChI=1S/C17H28N2O/c1-5-6-7-8-14(4)18-15-9-11-16(12-10-15)19-17(20)13(2)3/h9-14,18H,5-8H2,1-4H3,(H,19,20). The van der Waals surface area contributed by atoms with Gasteiger partial charge in [-0.15, -0.1) is 0 Å². The fourth-order valence-electron chi connectivity index (χ4n) is 1.99. The van der Waals surface area contributed by atoms with Gasteiger partial charge < -0.3 is 10.6 Å². The minimum absolute atomic E-state index is 0.00592. The van der Waals surface area contributed by atoms with Crippen LogP contribution in [0.25, 0.3) is 0 Å². The number of benzene rings is 1. The van der Waals surface area contributed by atoms with Crippen molar-refractivity contribution in [2.45, 2.75) is 59.4 Å². The van der Waals surface area contributed by atoms with E-state index in [2.05, 4.69) is 24.5 Å². The van der Waals surface area contributed by atoms with Gasteiger partial charge in [-0.2, -0.15) is 0 Å². The van der Waals surface area contributed by atoms with E-state index in [0.717, 1.165) is 11.4 Å². The number of carbonyl (C=O) groups excluding carboxylic acids is 1. The summed E-state index contributed by atoms with van der Waals surface area (Å²) in [5.41, 5.74) is 1.96. The first kappa shape index (κ1) is 16.5. The van der Waals surface area contributed by atoms with Gasteiger partial charge in [-0.25, -0.2) is 0 Å². The first-order valence-electron chi connectivity index (χ1n) is 7.70. The second-order valence-corrected chi connectivity index (χ2v) is 5.76. The van der Waals surface area contributed by atoms with E-state index in [1.165, 1.54) is 25.7 Å². The minimum atomic E-state index is 0.00592. The summed E-state index contributed by atoms with van der Waals surface area (Å²) in [5.74, 6) is 0.0602. The Kier molecular flexibility index (Phi) is 7.13. The summed E-state index contributed by atoms with van der Waals surface area (Å²) in [7, 11) is 0. The molecule has 3 heteroatoms. The molecule has 1 aromatic rings. The van der Waals surface area contributed by atoms with E-state index in [0.29, 0.717) is 6.04 Å². The third kappa shape index (κ3) is 6.09. The highest BCUT2D eigenvalue weighted by Crippen LogP contribution is 2.16. The molecule has 0 aliphatic carbocycles. The largest absolute Gasteiger partial charge is 0.383 e. The van der Waals surface area contributed by atoms with Crippen LogP contribution in [0.4, 0.5) is 11.4 Å². The Balaban J connectivity index is 2.44. The predicted molar refractivity (Wildman–Crippen MR) is 87.1 cm³/mol. The van der Waals surface area contributed by atoms with Crippen molar-refractivity contribution in [2.75, 3.05) is 10.6 Å². The molecule has 2 N–H and O–H groups in total. The maximum atomic E-state index is 11.6. The Bertz CT molecular complexity index is 398. The summed E-state index contributed by atoms with van der Waals surface area (Å²) >= 11 is 0. The number of rotatable bonds is 8. The van der Waals surface area contributed by atoms with E-state index in [-0.39, 0.29) is 11.8 Å². The SMILES string of the molecule is CCCCCC(C)Nc1ccc(NC(=O)C(C)C)cc1. The van der Waals surface area contributed by atoms with Gasteiger partial charge in [-0.1, -0.05) is 40.0 Å². The highest BCUT2D eigenvalue weighted by molar-refractivity contribution is 5.92. The number of hydrogen-bond donors (Lipinski definition) is 2. The molecular weight excluding hydrogens is 248 g/mol. The van der Waals surface area contributed by atoms with E-state index in [4.69, 9.17) is 0 Å². The van der Waals surface area contributed by atoms with Crippen LogP contribution in [0.1, 0.15) is 53.4 Å². The van der Waals surface area contributed by atoms with Crippen molar-refractivity contribution in [1.29, 1.82) is 0 Å². The predicted octanol–water partition coefficient (Wildman–Crippen LogP) is 4.66. The second-order valence-electron chi connectivity index (χ2n) is 5.76. The summed E-state index contributed by atoms with van der Waals surface area (Å²) < 4.78 is 0. The van der Waals surface area contributed by atoms with E-state index >= 15 is 0 Å². The van der Waals surface area contributed by atoms with Crippen molar-refractivity contribution in [2.24, 2.45) is 5.92 Å². The molecule has 3 nitrogen and oxygen atoms in total. The Labute approximate surface area is 123 Å². The van der Waals surface area contributed by atoms with Crippen LogP contribution in [-0.2, 0) is 4.79 Å². The lowest BCUT2D eigenvalue weighted by atomic mass is 10.1. The number of amides is 1. The molecule has 0 saturated heterocycles. The fourth-order valence-corrected chi connectivity index (χ4v) is 1.99. The molecule has 1 aromatic carbocycles. The number of carbonyl (C=O) groups is 1. The summed E-state index contributed by atoms with van der Waals surface area (Å²) in [4.78, 5) is 11.6. The molecule has 0 aromatic heterocycles. The summed E-state index contributed by atoms with van der Waals surface area (Å²) in [6.45, 7) is 8.22. The smallest absolute Gasteiger partial charge is 0.226 e. The maximum Gasteiger partial charge on any atom is 0.226 e. The van der Waals surface area contributed by atoms with E-state index in [1.807, 2.05) is 38.1 Å². The summed E-state index contributed by atoms with van der Waals surface area (Å²) in [6.07, 6.45) is 5.02. The summed E-state index contributed by atoms with van der Waals surface area (Å²) in [6, 6.07) is 8.42. The topological polar surface area (TPSA) is 41.1 Å². The average molecular weight is 276 g/mol. The molecule has 0 bridgehead atoms. The van der Waals surface area contributed by atoms with Gasteiger partial charge in [-0.3, -0.25) is 4.79 Å². The van der Waals surface area contributed by atoms with Crippen molar-refractivity contribution in [1.82, 2.24) is 0 Å². The number of anilines is 2. The lowest BCUT2D eigenvalue weighted by Crippen LogP contribution is -2.18. The average Bonchev–Trinajstić information content (AvgIpc) is 2.41. The lowest BCUT2D eigenvalue weighted by Gasteiger charge is -2.15. The molecule has 0 aliphatic rings. The van der Waals surface area contributed by atoms with Gasteiger partial charge in [0.05, 0.1) is 0 Å². The Morgan fingerprint density at radius 2 is 1.65 bits per heavy atom. The maximum absolute atomic E-state index is 11.6. The van der Waals surface area contributed by atoms with E-state index < -0.39 is 0 Å². The van der Waals surface area contributed by atoms with Gasteiger partial charge >= 0.3 is 0 Å². The first-order valence-corrected chi connectivity index (χ1v) is 7.70. The molecule has 0 fully saturated rings. The molecule has 1 amide bonds. The van der Waals surface area contributed by atoms with Gasteiger partial charge in [-0.05, 0) is 37.6 Å². The fraction of sp³-hybridized carbons (Fsp3) is 0.588. The lowest BCUT2D eigenvalue weighted by molar-refractivity contribution is -0.118. The molecule has 0 heterocycles. The van der Waals surface area contributed by atoms with Crippen molar-refractivity contribution < 1.29 is 4.79 Å². The molecule has 0 spiro atoms. The zero-order valence-electron chi connectivity index (χ0n) is 13.2. The molecular formula is C17H28N2O. The molecule has 0 saturated carbocycles. The number of hydrogen-bond acceptors (Lipinski definition) is 2. The van der Waals surface area contributed by atoms with Crippen molar-refractivity contribution in [3.05, 3.63) is 24.3 Å². The first-order chi connectivity index (χ1) is 9.52. The van der Waals surface area contributed by atoms with E-state index in [1.54, 1.807) is 0 Å². The second kappa shape index (κ2) is 8.62. The number of nitrogens with one attached hydrogen (secondary N) is 2. The van der Waals surface area contributed by atoms with E-state index in [9.17, 15) is 4.79 Å². The Hall–Kier alpha value is -1.51. The van der Waals surface area contributed by atoms with Crippen LogP contribution in [0.5, 0.6) is 0 Å². The third-order valence-corrected chi connectivity index (χ3v) is 3.33. The molecule has 0 aliphatic heterocycles. The zero-order chi connectivity index (χ0) is 15.0. The quantitative estimate of drug-likeness (QED) is 0.678. The van der Waals surface area contributed by atoms with Gasteiger partial charge in [0.2, 0.25) is 5.91 Å². The van der Waals surface area contributed by atoms with Crippen LogP contribution in [-0.4, -0.2) is 11.9 Å². The van der Waals surface area contributed by atoms with Crippen LogP contribution in [0.3, 0.4) is 0 Å². The van der Waals surface area contributed by atoms with Crippen LogP contribution in [0, 0.1) is 5.92 Å². The Morgan fingerprint density at radius 1 is 1.05 bits per heavy atom. The molecule has 0 radical (unpaired) electrons. The van der Waals surface area contributed by atoms with Gasteiger partial charge in [0.15, 0.2) is 0 Å². The summed E-state index contributed by atoms with van der Waals surface area (Å²) in [5, 5.41) is 6.39. The molecule has 1 unspecified atom stereocenters. The molecule has 1 rings (SSSR count). The molecule has 20 heavy (non-hydrogen) atoms. The van der Waals surface area contributed by atoms with Gasteiger partial charge in [0.25, 0.3) is 0 Å². The molecule has 1 atom stereocenters. The van der Waals surface area contributed by atoms with Crippen LogP contribution < -0.4 is 10.6 Å². The van der Waals surface area contributed by atoms with Gasteiger partial charge in [0, 0.05) is 23.3 Å². The van der Waals surface area contributed by atoms with Crippen LogP contribution in [0.15, 0.2) is 24.3 Å². The van der Waals surface area contributed by atoms with Gasteiger partial charge in [0.1, 0.15) is 0 Å². The monoisotopic (exact) mass is 276 g/mol. The van der Waals surface area contributed by atoms with Crippen LogP contribution >= 0.6 is 0 Å². The number of unbranched alkanes of at least 4 members (excludes halogenated alkanes) is 2.